The third kappa shape index (κ3) is 2.78. The van der Waals surface area contributed by atoms with Crippen LogP contribution < -0.4 is 10.9 Å². The van der Waals surface area contributed by atoms with Gasteiger partial charge in [0.25, 0.3) is 5.56 Å². The monoisotopic (exact) mass is 335 g/mol. The molecule has 2 heterocycles. The molecule has 1 aliphatic carbocycles. The average Bonchev–Trinajstić information content (AvgIpc) is 2.66. The van der Waals surface area contributed by atoms with Crippen LogP contribution >= 0.6 is 11.8 Å². The smallest absolute Gasteiger partial charge is 0.310 e. The number of aromatic nitrogens is 2. The number of aromatic amines is 1. The fourth-order valence-corrected chi connectivity index (χ4v) is 4.08. The van der Waals surface area contributed by atoms with Crippen LogP contribution in [0.25, 0.3) is 0 Å². The summed E-state index contributed by atoms with van der Waals surface area (Å²) in [6, 6.07) is -0.0671. The van der Waals surface area contributed by atoms with Gasteiger partial charge in [0.2, 0.25) is 5.91 Å². The molecule has 9 heteroatoms. The van der Waals surface area contributed by atoms with E-state index in [4.69, 9.17) is 0 Å². The number of carbonyl (C=O) groups is 1. The van der Waals surface area contributed by atoms with Crippen LogP contribution in [0.4, 0.5) is 19.0 Å². The Bertz CT molecular complexity index is 631. The molecular formula is C13H16F3N3O2S. The third-order valence-electron chi connectivity index (χ3n) is 4.10. The Kier molecular flexibility index (Phi) is 4.00. The van der Waals surface area contributed by atoms with Crippen molar-refractivity contribution < 1.29 is 18.0 Å². The standard InChI is InChI=1S/C13H16F3N3O2S/c14-13(15,16)10-9-11(17-8(20)6-22-10)19(18-12(9)21)7-4-2-1-3-5-7/h7,10H,1-6H2,(H,17,20)(H,18,21)/t10-/m0/s1. The highest BCUT2D eigenvalue weighted by Gasteiger charge is 2.47. The number of thioether (sulfide) groups is 1. The molecule has 1 aliphatic heterocycles. The molecule has 1 fully saturated rings. The van der Waals surface area contributed by atoms with Crippen molar-refractivity contribution in [2.24, 2.45) is 0 Å². The van der Waals surface area contributed by atoms with Gasteiger partial charge in [-0.25, -0.2) is 0 Å². The van der Waals surface area contributed by atoms with E-state index in [1.54, 1.807) is 0 Å². The first-order chi connectivity index (χ1) is 10.4. The summed E-state index contributed by atoms with van der Waals surface area (Å²) in [6.07, 6.45) is 0.0126. The number of hydrogen-bond acceptors (Lipinski definition) is 3. The Morgan fingerprint density at radius 2 is 1.82 bits per heavy atom. The van der Waals surface area contributed by atoms with Crippen molar-refractivity contribution in [1.29, 1.82) is 0 Å². The van der Waals surface area contributed by atoms with E-state index in [0.29, 0.717) is 11.8 Å². The number of halogens is 3. The fraction of sp³-hybridized carbons (Fsp3) is 0.692. The molecule has 0 saturated heterocycles. The summed E-state index contributed by atoms with van der Waals surface area (Å²) in [5, 5.41) is 3.01. The highest BCUT2D eigenvalue weighted by Crippen LogP contribution is 2.46. The molecule has 0 unspecified atom stereocenters. The molecular weight excluding hydrogens is 319 g/mol. The van der Waals surface area contributed by atoms with Crippen LogP contribution in [0.5, 0.6) is 0 Å². The van der Waals surface area contributed by atoms with Crippen molar-refractivity contribution in [3.63, 3.8) is 0 Å². The SMILES string of the molecule is O=C1CS[C@H](C(F)(F)F)c2c(n(C3CCCCC3)[nH]c2=O)N1. The van der Waals surface area contributed by atoms with E-state index in [-0.39, 0.29) is 23.2 Å². The predicted molar refractivity (Wildman–Crippen MR) is 77.1 cm³/mol. The first kappa shape index (κ1) is 15.5. The van der Waals surface area contributed by atoms with Gasteiger partial charge in [-0.15, -0.1) is 11.8 Å². The zero-order chi connectivity index (χ0) is 15.9. The Morgan fingerprint density at radius 1 is 1.14 bits per heavy atom. The lowest BCUT2D eigenvalue weighted by Gasteiger charge is -2.25. The van der Waals surface area contributed by atoms with Gasteiger partial charge in [-0.05, 0) is 12.8 Å². The molecule has 22 heavy (non-hydrogen) atoms. The zero-order valence-electron chi connectivity index (χ0n) is 11.7. The number of H-pyrrole nitrogens is 1. The number of anilines is 1. The number of hydrogen-bond donors (Lipinski definition) is 2. The second kappa shape index (κ2) is 5.68. The minimum Gasteiger partial charge on any atom is -0.310 e. The van der Waals surface area contributed by atoms with Crippen LogP contribution in [0.2, 0.25) is 0 Å². The summed E-state index contributed by atoms with van der Waals surface area (Å²) < 4.78 is 41.2. The molecule has 0 spiro atoms. The van der Waals surface area contributed by atoms with E-state index in [9.17, 15) is 22.8 Å². The second-order valence-corrected chi connectivity index (χ2v) is 6.74. The first-order valence-electron chi connectivity index (χ1n) is 7.20. The molecule has 1 saturated carbocycles. The lowest BCUT2D eigenvalue weighted by atomic mass is 9.95. The summed E-state index contributed by atoms with van der Waals surface area (Å²) in [6.45, 7) is 0. The number of nitrogens with zero attached hydrogens (tertiary/aromatic N) is 1. The molecule has 0 bridgehead atoms. The quantitative estimate of drug-likeness (QED) is 0.829. The molecule has 1 aromatic rings. The van der Waals surface area contributed by atoms with E-state index in [1.165, 1.54) is 4.68 Å². The van der Waals surface area contributed by atoms with Gasteiger partial charge < -0.3 is 5.32 Å². The number of nitrogens with one attached hydrogen (secondary N) is 2. The third-order valence-corrected chi connectivity index (χ3v) is 5.37. The summed E-state index contributed by atoms with van der Waals surface area (Å²) in [5.74, 6) is -0.834. The molecule has 0 aromatic carbocycles. The minimum absolute atomic E-state index is 0.00535. The van der Waals surface area contributed by atoms with Crippen LogP contribution in [-0.4, -0.2) is 27.6 Å². The maximum absolute atomic E-state index is 13.2. The van der Waals surface area contributed by atoms with E-state index in [1.807, 2.05) is 0 Å². The van der Waals surface area contributed by atoms with Gasteiger partial charge in [0.1, 0.15) is 11.1 Å². The highest BCUT2D eigenvalue weighted by molar-refractivity contribution is 8.00. The zero-order valence-corrected chi connectivity index (χ0v) is 12.5. The molecule has 1 amide bonds. The number of alkyl halides is 3. The molecule has 5 nitrogen and oxygen atoms in total. The lowest BCUT2D eigenvalue weighted by molar-refractivity contribution is -0.129. The van der Waals surface area contributed by atoms with Gasteiger partial charge >= 0.3 is 6.18 Å². The topological polar surface area (TPSA) is 66.9 Å². The largest absolute Gasteiger partial charge is 0.404 e. The lowest BCUT2D eigenvalue weighted by Crippen LogP contribution is -2.23. The van der Waals surface area contributed by atoms with Crippen LogP contribution in [0.3, 0.4) is 0 Å². The van der Waals surface area contributed by atoms with Gasteiger partial charge in [0.05, 0.1) is 17.4 Å². The van der Waals surface area contributed by atoms with Crippen LogP contribution in [-0.2, 0) is 4.79 Å². The molecule has 1 atom stereocenters. The summed E-state index contributed by atoms with van der Waals surface area (Å²) in [7, 11) is 0. The van der Waals surface area contributed by atoms with Crippen molar-refractivity contribution in [1.82, 2.24) is 9.78 Å². The Labute approximate surface area is 128 Å². The number of fused-ring (bicyclic) bond motifs is 1. The van der Waals surface area contributed by atoms with Crippen molar-refractivity contribution >= 4 is 23.5 Å². The molecule has 2 aliphatic rings. The molecule has 0 radical (unpaired) electrons. The van der Waals surface area contributed by atoms with Crippen molar-refractivity contribution in [2.45, 2.75) is 49.6 Å². The van der Waals surface area contributed by atoms with E-state index in [2.05, 4.69) is 10.4 Å². The highest BCUT2D eigenvalue weighted by atomic mass is 32.2. The Hall–Kier alpha value is -1.38. The van der Waals surface area contributed by atoms with E-state index < -0.39 is 22.9 Å². The number of amides is 1. The van der Waals surface area contributed by atoms with Gasteiger partial charge in [-0.2, -0.15) is 13.2 Å². The summed E-state index contributed by atoms with van der Waals surface area (Å²) >= 11 is 0.446. The summed E-state index contributed by atoms with van der Waals surface area (Å²) in [5.41, 5.74) is -1.15. The van der Waals surface area contributed by atoms with Crippen molar-refractivity contribution in [3.8, 4) is 0 Å². The van der Waals surface area contributed by atoms with Gasteiger partial charge in [0.15, 0.2) is 0 Å². The second-order valence-electron chi connectivity index (χ2n) is 5.65. The van der Waals surface area contributed by atoms with E-state index >= 15 is 0 Å². The summed E-state index contributed by atoms with van der Waals surface area (Å²) in [4.78, 5) is 23.8. The molecule has 3 rings (SSSR count). The maximum atomic E-state index is 13.2. The van der Waals surface area contributed by atoms with Gasteiger partial charge in [-0.1, -0.05) is 19.3 Å². The van der Waals surface area contributed by atoms with E-state index in [0.717, 1.165) is 32.1 Å². The number of carbonyl (C=O) groups excluding carboxylic acids is 1. The van der Waals surface area contributed by atoms with Crippen molar-refractivity contribution in [2.75, 3.05) is 11.1 Å². The normalized spacial score (nSPS) is 23.8. The van der Waals surface area contributed by atoms with Gasteiger partial charge in [0, 0.05) is 0 Å². The molecule has 1 aromatic heterocycles. The van der Waals surface area contributed by atoms with Gasteiger partial charge in [-0.3, -0.25) is 19.4 Å². The Morgan fingerprint density at radius 3 is 2.45 bits per heavy atom. The fourth-order valence-electron chi connectivity index (χ4n) is 3.12. The number of rotatable bonds is 1. The maximum Gasteiger partial charge on any atom is 0.404 e. The average molecular weight is 335 g/mol. The minimum atomic E-state index is -4.57. The predicted octanol–water partition coefficient (Wildman–Crippen LogP) is 2.97. The first-order valence-corrected chi connectivity index (χ1v) is 8.25. The van der Waals surface area contributed by atoms with Crippen molar-refractivity contribution in [3.05, 3.63) is 15.9 Å². The Balaban J connectivity index is 2.09. The van der Waals surface area contributed by atoms with Crippen LogP contribution in [0.15, 0.2) is 4.79 Å². The molecule has 122 valence electrons. The van der Waals surface area contributed by atoms with Crippen LogP contribution in [0.1, 0.15) is 49.0 Å². The molecule has 2 N–H and O–H groups in total. The van der Waals surface area contributed by atoms with Crippen LogP contribution in [0, 0.1) is 0 Å².